The van der Waals surface area contributed by atoms with Crippen LogP contribution in [0.2, 0.25) is 0 Å². The number of nitrogens with one attached hydrogen (secondary N) is 2. The van der Waals surface area contributed by atoms with Gasteiger partial charge in [0.05, 0.1) is 0 Å². The van der Waals surface area contributed by atoms with Gasteiger partial charge in [-0.25, -0.2) is 4.79 Å². The molecule has 0 saturated heterocycles. The monoisotopic (exact) mass is 387 g/mol. The van der Waals surface area contributed by atoms with E-state index in [1.54, 1.807) is 0 Å². The molecule has 1 aromatic heterocycles. The maximum atomic E-state index is 12.8. The molecule has 2 N–H and O–H groups in total. The van der Waals surface area contributed by atoms with E-state index >= 15 is 0 Å². The Morgan fingerprint density at radius 3 is 2.52 bits per heavy atom. The fourth-order valence-electron chi connectivity index (χ4n) is 3.44. The zero-order valence-corrected chi connectivity index (χ0v) is 16.5. The van der Waals surface area contributed by atoms with Gasteiger partial charge in [0, 0.05) is 13.1 Å². The van der Waals surface area contributed by atoms with Crippen LogP contribution in [0.15, 0.2) is 35.5 Å². The van der Waals surface area contributed by atoms with E-state index in [1.807, 2.05) is 37.3 Å². The Morgan fingerprint density at radius 1 is 1.15 bits per heavy atom. The maximum Gasteiger partial charge on any atom is 0.321 e. The van der Waals surface area contributed by atoms with Crippen molar-refractivity contribution in [3.8, 4) is 0 Å². The third-order valence-corrected chi connectivity index (χ3v) is 6.01. The van der Waals surface area contributed by atoms with Crippen LogP contribution in [0.4, 0.5) is 4.79 Å². The molecule has 0 aliphatic heterocycles. The topological polar surface area (TPSA) is 88.9 Å². The summed E-state index contributed by atoms with van der Waals surface area (Å²) in [6.07, 6.45) is 5.87. The molecule has 27 heavy (non-hydrogen) atoms. The number of aryl methyl sites for hydroxylation is 1. The molecule has 1 aliphatic carbocycles. The van der Waals surface area contributed by atoms with E-state index in [0.29, 0.717) is 6.04 Å². The van der Waals surface area contributed by atoms with Crippen molar-refractivity contribution >= 4 is 23.7 Å². The van der Waals surface area contributed by atoms with E-state index in [0.717, 1.165) is 29.4 Å². The molecule has 0 spiro atoms. The predicted molar refractivity (Wildman–Crippen MR) is 105 cm³/mol. The van der Waals surface area contributed by atoms with Gasteiger partial charge >= 0.3 is 6.03 Å². The van der Waals surface area contributed by atoms with Crippen LogP contribution in [-0.2, 0) is 4.79 Å². The van der Waals surface area contributed by atoms with Crippen molar-refractivity contribution < 1.29 is 9.59 Å². The van der Waals surface area contributed by atoms with Gasteiger partial charge in [0.25, 0.3) is 0 Å². The predicted octanol–water partition coefficient (Wildman–Crippen LogP) is 3.38. The first-order chi connectivity index (χ1) is 13.1. The molecule has 0 radical (unpaired) electrons. The van der Waals surface area contributed by atoms with Crippen LogP contribution in [0.1, 0.15) is 54.8 Å². The molecule has 0 unspecified atom stereocenters. The summed E-state index contributed by atoms with van der Waals surface area (Å²) in [6, 6.07) is 9.28. The van der Waals surface area contributed by atoms with Crippen LogP contribution in [0.25, 0.3) is 0 Å². The number of aromatic nitrogens is 3. The highest BCUT2D eigenvalue weighted by Crippen LogP contribution is 2.38. The molecule has 144 valence electrons. The fourth-order valence-corrected chi connectivity index (χ4v) is 4.59. The summed E-state index contributed by atoms with van der Waals surface area (Å²) >= 11 is 1.34. The van der Waals surface area contributed by atoms with E-state index in [1.165, 1.54) is 38.1 Å². The van der Waals surface area contributed by atoms with Gasteiger partial charge in [0.2, 0.25) is 5.91 Å². The number of urea groups is 1. The minimum Gasteiger partial charge on any atom is -0.341 e. The first kappa shape index (κ1) is 19.4. The van der Waals surface area contributed by atoms with E-state index in [-0.39, 0.29) is 5.91 Å². The normalized spacial score (nSPS) is 15.9. The lowest BCUT2D eigenvalue weighted by Gasteiger charge is -2.26. The largest absolute Gasteiger partial charge is 0.341 e. The minimum absolute atomic E-state index is 0.370. The Kier molecular flexibility index (Phi) is 6.49. The molecule has 0 bridgehead atoms. The number of thioether (sulfide) groups is 1. The summed E-state index contributed by atoms with van der Waals surface area (Å²) in [5, 5.41) is 13.5. The SMILES string of the molecule is CNC(=O)NC(=O)[C@H](Sc1nnc(C)n1C1CCCCC1)c1ccccc1. The summed E-state index contributed by atoms with van der Waals surface area (Å²) in [5.41, 5.74) is 0.819. The Labute approximate surface area is 163 Å². The standard InChI is InChI=1S/C19H25N5O2S/c1-13-22-23-19(24(13)15-11-7-4-8-12-15)27-16(14-9-5-3-6-10-14)17(25)21-18(26)20-2/h3,5-6,9-10,15-16H,4,7-8,11-12H2,1-2H3,(H2,20,21,25,26)/t16-/m1/s1. The van der Waals surface area contributed by atoms with Crippen molar-refractivity contribution in [1.29, 1.82) is 0 Å². The fraction of sp³-hybridized carbons (Fsp3) is 0.474. The second-order valence-electron chi connectivity index (χ2n) is 6.67. The van der Waals surface area contributed by atoms with E-state index in [9.17, 15) is 9.59 Å². The molecular formula is C19H25N5O2S. The second kappa shape index (κ2) is 9.03. The lowest BCUT2D eigenvalue weighted by Crippen LogP contribution is -2.39. The lowest BCUT2D eigenvalue weighted by molar-refractivity contribution is -0.119. The number of carbonyl (C=O) groups is 2. The number of imide groups is 1. The highest BCUT2D eigenvalue weighted by molar-refractivity contribution is 8.00. The molecule has 1 fully saturated rings. The number of amides is 3. The average Bonchev–Trinajstić information content (AvgIpc) is 3.07. The first-order valence-corrected chi connectivity index (χ1v) is 10.1. The van der Waals surface area contributed by atoms with Crippen molar-refractivity contribution in [3.63, 3.8) is 0 Å². The summed E-state index contributed by atoms with van der Waals surface area (Å²) in [4.78, 5) is 24.4. The number of hydrogen-bond acceptors (Lipinski definition) is 5. The van der Waals surface area contributed by atoms with Crippen LogP contribution < -0.4 is 10.6 Å². The molecule has 2 aromatic rings. The highest BCUT2D eigenvalue weighted by atomic mass is 32.2. The van der Waals surface area contributed by atoms with E-state index < -0.39 is 11.3 Å². The van der Waals surface area contributed by atoms with Crippen LogP contribution in [0, 0.1) is 6.92 Å². The average molecular weight is 388 g/mol. The third kappa shape index (κ3) is 4.68. The quantitative estimate of drug-likeness (QED) is 0.768. The van der Waals surface area contributed by atoms with Gasteiger partial charge in [-0.15, -0.1) is 10.2 Å². The molecular weight excluding hydrogens is 362 g/mol. The first-order valence-electron chi connectivity index (χ1n) is 9.26. The van der Waals surface area contributed by atoms with Crippen LogP contribution in [-0.4, -0.2) is 33.8 Å². The van der Waals surface area contributed by atoms with Gasteiger partial charge in [0.15, 0.2) is 5.16 Å². The van der Waals surface area contributed by atoms with Crippen LogP contribution in [0.3, 0.4) is 0 Å². The number of benzene rings is 1. The van der Waals surface area contributed by atoms with Gasteiger partial charge in [-0.1, -0.05) is 61.4 Å². The van der Waals surface area contributed by atoms with Gasteiger partial charge in [-0.05, 0) is 25.3 Å². The summed E-state index contributed by atoms with van der Waals surface area (Å²) in [7, 11) is 1.48. The Bertz CT molecular complexity index is 787. The summed E-state index contributed by atoms with van der Waals surface area (Å²) in [6.45, 7) is 1.95. The zero-order valence-electron chi connectivity index (χ0n) is 15.6. The van der Waals surface area contributed by atoms with Crippen molar-refractivity contribution in [3.05, 3.63) is 41.7 Å². The molecule has 1 heterocycles. The molecule has 3 amide bonds. The highest BCUT2D eigenvalue weighted by Gasteiger charge is 2.28. The Morgan fingerprint density at radius 2 is 1.85 bits per heavy atom. The van der Waals surface area contributed by atoms with Crippen molar-refractivity contribution in [2.45, 2.75) is 55.5 Å². The van der Waals surface area contributed by atoms with Gasteiger partial charge in [0.1, 0.15) is 11.1 Å². The maximum absolute atomic E-state index is 12.8. The number of carbonyl (C=O) groups excluding carboxylic acids is 2. The lowest BCUT2D eigenvalue weighted by atomic mass is 9.95. The smallest absolute Gasteiger partial charge is 0.321 e. The molecule has 1 aromatic carbocycles. The summed E-state index contributed by atoms with van der Waals surface area (Å²) in [5.74, 6) is 0.490. The molecule has 8 heteroatoms. The minimum atomic E-state index is -0.588. The van der Waals surface area contributed by atoms with Crippen molar-refractivity contribution in [1.82, 2.24) is 25.4 Å². The Hall–Kier alpha value is -2.35. The van der Waals surface area contributed by atoms with E-state index in [4.69, 9.17) is 0 Å². The molecule has 3 rings (SSSR count). The van der Waals surface area contributed by atoms with Crippen molar-refractivity contribution in [2.75, 3.05) is 7.05 Å². The van der Waals surface area contributed by atoms with Crippen LogP contribution >= 0.6 is 11.8 Å². The van der Waals surface area contributed by atoms with E-state index in [2.05, 4.69) is 25.4 Å². The van der Waals surface area contributed by atoms with Crippen LogP contribution in [0.5, 0.6) is 0 Å². The molecule has 1 atom stereocenters. The molecule has 1 saturated carbocycles. The second-order valence-corrected chi connectivity index (χ2v) is 7.74. The van der Waals surface area contributed by atoms with Crippen molar-refractivity contribution in [2.24, 2.45) is 0 Å². The number of hydrogen-bond donors (Lipinski definition) is 2. The third-order valence-electron chi connectivity index (χ3n) is 4.80. The van der Waals surface area contributed by atoms with Gasteiger partial charge < -0.3 is 9.88 Å². The van der Waals surface area contributed by atoms with Gasteiger partial charge in [-0.2, -0.15) is 0 Å². The van der Waals surface area contributed by atoms with Gasteiger partial charge in [-0.3, -0.25) is 10.1 Å². The molecule has 7 nitrogen and oxygen atoms in total. The Balaban J connectivity index is 1.88. The number of nitrogens with zero attached hydrogens (tertiary/aromatic N) is 3. The zero-order chi connectivity index (χ0) is 19.2. The number of rotatable bonds is 5. The summed E-state index contributed by atoms with van der Waals surface area (Å²) < 4.78 is 2.16. The molecule has 1 aliphatic rings.